The molecule has 0 saturated heterocycles. The van der Waals surface area contributed by atoms with Gasteiger partial charge in [-0.3, -0.25) is 23.7 Å². The molecule has 21 heteroatoms. The molecule has 342 valence electrons. The van der Waals surface area contributed by atoms with Gasteiger partial charge in [0.25, 0.3) is 26.1 Å². The first-order valence-corrected chi connectivity index (χ1v) is 23.5. The van der Waals surface area contributed by atoms with E-state index in [1.165, 1.54) is 30.3 Å². The van der Waals surface area contributed by atoms with Crippen molar-refractivity contribution in [3.63, 3.8) is 0 Å². The Bertz CT molecular complexity index is 3050. The monoisotopic (exact) mass is 956 g/mol. The van der Waals surface area contributed by atoms with Crippen molar-refractivity contribution < 1.29 is 54.5 Å². The second-order valence-corrected chi connectivity index (χ2v) is 18.7. The lowest BCUT2D eigenvalue weighted by Gasteiger charge is -2.37. The fourth-order valence-electron chi connectivity index (χ4n) is 8.23. The van der Waals surface area contributed by atoms with Gasteiger partial charge in [0.15, 0.2) is 26.9 Å². The van der Waals surface area contributed by atoms with Crippen LogP contribution >= 0.6 is 11.6 Å². The Kier molecular flexibility index (Phi) is 12.0. The van der Waals surface area contributed by atoms with Crippen LogP contribution in [0.2, 0.25) is 5.02 Å². The molecule has 2 amide bonds. The summed E-state index contributed by atoms with van der Waals surface area (Å²) in [5.74, 6) is -2.47. The minimum atomic E-state index is -5.16. The van der Waals surface area contributed by atoms with Crippen LogP contribution in [0.1, 0.15) is 74.2 Å². The Labute approximate surface area is 383 Å². The number of rotatable bonds is 13. The molecule has 0 unspecified atom stereocenters. The molecular formula is C45H41ClN6O12S2. The van der Waals surface area contributed by atoms with E-state index in [1.54, 1.807) is 19.2 Å². The fourth-order valence-corrected chi connectivity index (χ4v) is 9.86. The van der Waals surface area contributed by atoms with Crippen LogP contribution in [0.25, 0.3) is 0 Å². The van der Waals surface area contributed by atoms with Crippen molar-refractivity contribution in [1.82, 2.24) is 10.6 Å². The van der Waals surface area contributed by atoms with Crippen LogP contribution in [0, 0.1) is 0 Å². The Hall–Kier alpha value is -6.97. The number of carbonyl (C=O) groups excluding carboxylic acids is 3. The van der Waals surface area contributed by atoms with Crippen molar-refractivity contribution in [2.45, 2.75) is 47.1 Å². The maximum absolute atomic E-state index is 13.7. The molecule has 3 aliphatic rings. The number of anilines is 3. The summed E-state index contributed by atoms with van der Waals surface area (Å²) in [7, 11) is -8.74. The molecule has 5 aromatic carbocycles. The van der Waals surface area contributed by atoms with Crippen LogP contribution in [0.3, 0.4) is 0 Å². The zero-order chi connectivity index (χ0) is 47.3. The number of esters is 1. The Morgan fingerprint density at radius 1 is 0.833 bits per heavy atom. The largest absolute Gasteiger partial charge is 0.497 e. The lowest BCUT2D eigenvalue weighted by Crippen LogP contribution is -2.34. The number of nitrogens with zero attached hydrogens (tertiary/aromatic N) is 1. The van der Waals surface area contributed by atoms with Crippen LogP contribution in [0.15, 0.2) is 112 Å². The molecule has 0 fully saturated rings. The number of amides is 2. The number of fused-ring (bicyclic) bond motifs is 7. The van der Waals surface area contributed by atoms with Crippen molar-refractivity contribution in [1.29, 1.82) is 0 Å². The summed E-state index contributed by atoms with van der Waals surface area (Å²) in [6.45, 7) is 4.78. The normalized spacial score (nSPS) is 15.7. The molecule has 5 aromatic rings. The van der Waals surface area contributed by atoms with Gasteiger partial charge in [0.2, 0.25) is 5.91 Å². The topological polar surface area (TPSA) is 288 Å². The van der Waals surface area contributed by atoms with Gasteiger partial charge in [-0.15, -0.1) is 0 Å². The molecule has 0 aliphatic carbocycles. The first-order valence-electron chi connectivity index (χ1n) is 20.2. The van der Waals surface area contributed by atoms with E-state index in [9.17, 15) is 40.3 Å². The Morgan fingerprint density at radius 3 is 2.05 bits per heavy atom. The molecule has 0 bridgehead atoms. The van der Waals surface area contributed by atoms with Gasteiger partial charge in [0.1, 0.15) is 5.75 Å². The van der Waals surface area contributed by atoms with E-state index in [4.69, 9.17) is 42.3 Å². The summed E-state index contributed by atoms with van der Waals surface area (Å²) < 4.78 is 88.0. The Balaban J connectivity index is 0.920. The van der Waals surface area contributed by atoms with E-state index >= 15 is 0 Å². The van der Waals surface area contributed by atoms with E-state index in [1.807, 2.05) is 30.3 Å². The highest BCUT2D eigenvalue weighted by molar-refractivity contribution is 7.86. The van der Waals surface area contributed by atoms with Gasteiger partial charge in [-0.2, -0.15) is 16.8 Å². The quantitative estimate of drug-likeness (QED) is 0.0316. The zero-order valence-electron chi connectivity index (χ0n) is 34.9. The van der Waals surface area contributed by atoms with Crippen LogP contribution < -0.4 is 36.9 Å². The minimum absolute atomic E-state index is 0.0345. The Morgan fingerprint density at radius 2 is 1.44 bits per heavy atom. The van der Waals surface area contributed by atoms with E-state index in [0.29, 0.717) is 48.0 Å². The lowest BCUT2D eigenvalue weighted by molar-refractivity contribution is -0.121. The van der Waals surface area contributed by atoms with Gasteiger partial charge >= 0.3 is 5.97 Å². The van der Waals surface area contributed by atoms with Crippen LogP contribution in [-0.4, -0.2) is 75.7 Å². The molecule has 0 aromatic heterocycles. The predicted octanol–water partition coefficient (Wildman–Crippen LogP) is 5.83. The number of carbonyl (C=O) groups is 3. The average molecular weight is 957 g/mol. The number of unbranched alkanes of at least 4 members (excludes halogenated alkanes) is 2. The first-order chi connectivity index (χ1) is 31.3. The number of benzodiazepines with no additional fused rings is 1. The maximum atomic E-state index is 13.7. The highest BCUT2D eigenvalue weighted by Gasteiger charge is 2.56. The van der Waals surface area contributed by atoms with Gasteiger partial charge in [-0.05, 0) is 86.0 Å². The molecule has 0 saturated carbocycles. The van der Waals surface area contributed by atoms with Crippen molar-refractivity contribution in [3.05, 3.63) is 141 Å². The molecule has 8 rings (SSSR count). The first kappa shape index (κ1) is 45.6. The summed E-state index contributed by atoms with van der Waals surface area (Å²) in [4.78, 5) is 43.3. The van der Waals surface area contributed by atoms with E-state index < -0.39 is 76.4 Å². The number of methoxy groups -OCH3 is 1. The fraction of sp³-hybridized carbons (Fsp3) is 0.200. The molecule has 3 aliphatic heterocycles. The van der Waals surface area contributed by atoms with E-state index in [2.05, 4.69) is 22.5 Å². The summed E-state index contributed by atoms with van der Waals surface area (Å²) in [6.07, 6.45) is 1.82. The van der Waals surface area contributed by atoms with Gasteiger partial charge in [0.05, 0.1) is 42.2 Å². The number of aliphatic imine (C=N–C) groups is 1. The van der Waals surface area contributed by atoms with E-state index in [-0.39, 0.29) is 46.7 Å². The van der Waals surface area contributed by atoms with Crippen molar-refractivity contribution >= 4 is 72.4 Å². The molecule has 3 heterocycles. The predicted molar refractivity (Wildman–Crippen MR) is 244 cm³/mol. The van der Waals surface area contributed by atoms with Crippen LogP contribution in [0.5, 0.6) is 17.2 Å². The number of hydrogen-bond donors (Lipinski definition) is 7. The van der Waals surface area contributed by atoms with Gasteiger partial charge < -0.3 is 41.6 Å². The van der Waals surface area contributed by atoms with E-state index in [0.717, 1.165) is 28.9 Å². The second kappa shape index (κ2) is 17.4. The van der Waals surface area contributed by atoms with Gasteiger partial charge in [0, 0.05) is 62.9 Å². The average Bonchev–Trinajstić information content (AvgIpc) is 3.46. The molecule has 1 atom stereocenters. The number of hydrogen-bond acceptors (Lipinski definition) is 14. The minimum Gasteiger partial charge on any atom is -0.497 e. The number of nitrogens with two attached hydrogens (primary N) is 2. The van der Waals surface area contributed by atoms with Crippen LogP contribution in [-0.2, 0) is 35.4 Å². The summed E-state index contributed by atoms with van der Waals surface area (Å²) in [6, 6.07) is 21.1. The highest BCUT2D eigenvalue weighted by atomic mass is 35.5. The van der Waals surface area contributed by atoms with Gasteiger partial charge in [-0.25, -0.2) is 4.79 Å². The SMILES string of the molecule is C=C1Nc2ccc(OC)cc2C(c2ccc(Cl)cc2)=N[C@H]1CC(=O)NCCCCCNC(=O)c1ccc2c(c1)C(=O)OC21c2ccc(N)c(S(=O)(=O)O)c2Oc2c1ccc(N)c2S(=O)(=O)O. The number of halogens is 1. The number of nitrogen functional groups attached to an aromatic ring is 2. The molecule has 66 heavy (non-hydrogen) atoms. The number of benzene rings is 5. The third-order valence-electron chi connectivity index (χ3n) is 11.3. The van der Waals surface area contributed by atoms with Crippen molar-refractivity contribution in [2.75, 3.05) is 37.0 Å². The molecule has 1 spiro atoms. The summed E-state index contributed by atoms with van der Waals surface area (Å²) >= 11 is 6.16. The summed E-state index contributed by atoms with van der Waals surface area (Å²) in [5, 5.41) is 9.63. The van der Waals surface area contributed by atoms with Crippen molar-refractivity contribution in [2.24, 2.45) is 4.99 Å². The molecule has 0 radical (unpaired) electrons. The zero-order valence-corrected chi connectivity index (χ0v) is 37.3. The highest BCUT2D eigenvalue weighted by Crippen LogP contribution is 2.59. The molecule has 18 nitrogen and oxygen atoms in total. The third kappa shape index (κ3) is 8.40. The third-order valence-corrected chi connectivity index (χ3v) is 13.4. The second-order valence-electron chi connectivity index (χ2n) is 15.5. The van der Waals surface area contributed by atoms with Crippen LogP contribution in [0.4, 0.5) is 17.1 Å². The number of ether oxygens (including phenoxy) is 3. The number of nitrogens with one attached hydrogen (secondary N) is 3. The maximum Gasteiger partial charge on any atom is 0.340 e. The summed E-state index contributed by atoms with van der Waals surface area (Å²) in [5.41, 5.74) is 12.0. The standard InChI is InChI=1S/C45H41ClN6O12S2/c1-23-36(52-38(24-6-9-26(46)10-7-24)29-21-27(62-2)11-17-35(29)51-23)22-37(53)49-18-4-3-5-19-50-43(54)25-8-12-30-28(20-25)44(55)64-45(30)31-13-15-33(47)41(65(56,57)58)39(31)63-40-32(45)14-16-34(48)42(40)66(59,60)61/h6-17,20-21,36,51H,1,3-5,18-19,22,47-48H2,2H3,(H,49,53)(H,50,54)(H,56,57,58)(H,59,60,61)/t36-/m0/s1. The van der Waals surface area contributed by atoms with Gasteiger partial charge in [-0.1, -0.05) is 36.4 Å². The smallest absolute Gasteiger partial charge is 0.340 e. The molecular weight excluding hydrogens is 916 g/mol. The lowest BCUT2D eigenvalue weighted by atomic mass is 9.77. The molecule has 9 N–H and O–H groups in total. The van der Waals surface area contributed by atoms with Crippen molar-refractivity contribution in [3.8, 4) is 17.2 Å².